The monoisotopic (exact) mass is 196 g/mol. The van der Waals surface area contributed by atoms with Crippen molar-refractivity contribution < 1.29 is 8.42 Å². The van der Waals surface area contributed by atoms with Crippen LogP contribution in [0.25, 0.3) is 0 Å². The predicted octanol–water partition coefficient (Wildman–Crippen LogP) is 1.89. The first-order valence-corrected chi connectivity index (χ1v) is 5.99. The highest BCUT2D eigenvalue weighted by molar-refractivity contribution is 7.91. The SMILES string of the molecule is Cc1ccc2c(c1)S(=O)(=O)C[C@@H]2C. The van der Waals surface area contributed by atoms with Crippen molar-refractivity contribution in [2.75, 3.05) is 5.75 Å². The standard InChI is InChI=1S/C10H12O2S/c1-7-3-4-9-8(2)6-13(11,12)10(9)5-7/h3-5,8H,6H2,1-2H3/t8-/m0/s1. The van der Waals surface area contributed by atoms with Gasteiger partial charge in [-0.05, 0) is 30.0 Å². The Morgan fingerprint density at radius 1 is 1.38 bits per heavy atom. The molecule has 1 aliphatic heterocycles. The van der Waals surface area contributed by atoms with Crippen LogP contribution in [0.15, 0.2) is 23.1 Å². The van der Waals surface area contributed by atoms with Crippen molar-refractivity contribution in [1.82, 2.24) is 0 Å². The normalized spacial score (nSPS) is 24.3. The summed E-state index contributed by atoms with van der Waals surface area (Å²) in [5.41, 5.74) is 1.99. The van der Waals surface area contributed by atoms with Crippen LogP contribution in [0.4, 0.5) is 0 Å². The average Bonchev–Trinajstić information content (AvgIpc) is 2.23. The molecule has 0 N–H and O–H groups in total. The number of hydrogen-bond donors (Lipinski definition) is 0. The maximum Gasteiger partial charge on any atom is 0.179 e. The lowest BCUT2D eigenvalue weighted by Gasteiger charge is -2.01. The first-order chi connectivity index (χ1) is 6.00. The molecular weight excluding hydrogens is 184 g/mol. The molecule has 1 aromatic rings. The molecule has 0 fully saturated rings. The molecule has 2 nitrogen and oxygen atoms in total. The van der Waals surface area contributed by atoms with E-state index in [0.29, 0.717) is 4.90 Å². The van der Waals surface area contributed by atoms with Gasteiger partial charge in [0.25, 0.3) is 0 Å². The van der Waals surface area contributed by atoms with E-state index >= 15 is 0 Å². The van der Waals surface area contributed by atoms with Crippen molar-refractivity contribution in [2.24, 2.45) is 0 Å². The molecule has 0 radical (unpaired) electrons. The highest BCUT2D eigenvalue weighted by atomic mass is 32.2. The molecule has 1 aliphatic rings. The van der Waals surface area contributed by atoms with Crippen LogP contribution >= 0.6 is 0 Å². The molecule has 1 atom stereocenters. The second-order valence-corrected chi connectivity index (χ2v) is 5.73. The van der Waals surface area contributed by atoms with Crippen LogP contribution in [0.2, 0.25) is 0 Å². The van der Waals surface area contributed by atoms with E-state index in [1.807, 2.05) is 26.0 Å². The van der Waals surface area contributed by atoms with Gasteiger partial charge in [0.1, 0.15) is 0 Å². The van der Waals surface area contributed by atoms with Gasteiger partial charge in [-0.1, -0.05) is 19.1 Å². The zero-order valence-corrected chi connectivity index (χ0v) is 8.56. The Morgan fingerprint density at radius 3 is 2.77 bits per heavy atom. The topological polar surface area (TPSA) is 34.1 Å². The Labute approximate surface area is 78.5 Å². The van der Waals surface area contributed by atoms with Crippen molar-refractivity contribution in [2.45, 2.75) is 24.7 Å². The molecule has 0 amide bonds. The summed E-state index contributed by atoms with van der Waals surface area (Å²) >= 11 is 0. The maximum absolute atomic E-state index is 11.6. The smallest absolute Gasteiger partial charge is 0.179 e. The van der Waals surface area contributed by atoms with Gasteiger partial charge in [0.2, 0.25) is 0 Å². The van der Waals surface area contributed by atoms with Crippen molar-refractivity contribution >= 4 is 9.84 Å². The molecule has 0 bridgehead atoms. The summed E-state index contributed by atoms with van der Waals surface area (Å²) in [5, 5.41) is 0. The minimum absolute atomic E-state index is 0.153. The van der Waals surface area contributed by atoms with Crippen molar-refractivity contribution in [1.29, 1.82) is 0 Å². The van der Waals surface area contributed by atoms with Gasteiger partial charge in [-0.3, -0.25) is 0 Å². The van der Waals surface area contributed by atoms with Gasteiger partial charge in [-0.2, -0.15) is 0 Å². The summed E-state index contributed by atoms with van der Waals surface area (Å²) in [5.74, 6) is 0.423. The van der Waals surface area contributed by atoms with Crippen LogP contribution in [0.1, 0.15) is 24.0 Å². The van der Waals surface area contributed by atoms with Crippen molar-refractivity contribution in [3.8, 4) is 0 Å². The van der Waals surface area contributed by atoms with Gasteiger partial charge in [-0.25, -0.2) is 8.42 Å². The fourth-order valence-electron chi connectivity index (χ4n) is 1.83. The number of sulfone groups is 1. The van der Waals surface area contributed by atoms with E-state index in [4.69, 9.17) is 0 Å². The fourth-order valence-corrected chi connectivity index (χ4v) is 3.84. The van der Waals surface area contributed by atoms with E-state index in [1.165, 1.54) is 0 Å². The second-order valence-electron chi connectivity index (χ2n) is 3.72. The van der Waals surface area contributed by atoms with Crippen LogP contribution in [0.3, 0.4) is 0 Å². The molecule has 0 saturated carbocycles. The lowest BCUT2D eigenvalue weighted by molar-refractivity contribution is 0.598. The summed E-state index contributed by atoms with van der Waals surface area (Å²) in [6.07, 6.45) is 0. The van der Waals surface area contributed by atoms with Gasteiger partial charge in [0.15, 0.2) is 9.84 Å². The molecule has 0 unspecified atom stereocenters. The highest BCUT2D eigenvalue weighted by Gasteiger charge is 2.31. The van der Waals surface area contributed by atoms with E-state index in [-0.39, 0.29) is 11.7 Å². The van der Waals surface area contributed by atoms with Crippen LogP contribution < -0.4 is 0 Å². The van der Waals surface area contributed by atoms with E-state index < -0.39 is 9.84 Å². The van der Waals surface area contributed by atoms with Crippen LogP contribution in [0, 0.1) is 6.92 Å². The van der Waals surface area contributed by atoms with Crippen molar-refractivity contribution in [3.05, 3.63) is 29.3 Å². The second kappa shape index (κ2) is 2.58. The van der Waals surface area contributed by atoms with Gasteiger partial charge in [0.05, 0.1) is 10.6 Å². The van der Waals surface area contributed by atoms with E-state index in [0.717, 1.165) is 11.1 Å². The molecule has 70 valence electrons. The quantitative estimate of drug-likeness (QED) is 0.635. The number of benzene rings is 1. The lowest BCUT2D eigenvalue weighted by atomic mass is 10.0. The summed E-state index contributed by atoms with van der Waals surface area (Å²) in [7, 11) is -2.98. The highest BCUT2D eigenvalue weighted by Crippen LogP contribution is 2.34. The summed E-state index contributed by atoms with van der Waals surface area (Å²) in [4.78, 5) is 0.542. The third-order valence-corrected chi connectivity index (χ3v) is 4.47. The Hall–Kier alpha value is -0.830. The Morgan fingerprint density at radius 2 is 2.08 bits per heavy atom. The molecule has 2 rings (SSSR count). The first kappa shape index (κ1) is 8.75. The molecule has 1 aromatic carbocycles. The third kappa shape index (κ3) is 1.27. The molecule has 1 heterocycles. The molecule has 0 spiro atoms. The van der Waals surface area contributed by atoms with Gasteiger partial charge in [0, 0.05) is 0 Å². The minimum Gasteiger partial charge on any atom is -0.224 e. The molecule has 0 aliphatic carbocycles. The lowest BCUT2D eigenvalue weighted by Crippen LogP contribution is -2.00. The fraction of sp³-hybridized carbons (Fsp3) is 0.400. The summed E-state index contributed by atoms with van der Waals surface area (Å²) in [6, 6.07) is 5.67. The first-order valence-electron chi connectivity index (χ1n) is 4.34. The predicted molar refractivity (Wildman–Crippen MR) is 51.6 cm³/mol. The van der Waals surface area contributed by atoms with Gasteiger partial charge < -0.3 is 0 Å². The molecular formula is C10H12O2S. The Bertz CT molecular complexity index is 446. The molecule has 3 heteroatoms. The molecule has 13 heavy (non-hydrogen) atoms. The van der Waals surface area contributed by atoms with Crippen LogP contribution in [-0.2, 0) is 9.84 Å². The number of fused-ring (bicyclic) bond motifs is 1. The van der Waals surface area contributed by atoms with Crippen LogP contribution in [-0.4, -0.2) is 14.2 Å². The number of rotatable bonds is 0. The van der Waals surface area contributed by atoms with Gasteiger partial charge in [-0.15, -0.1) is 0 Å². The largest absolute Gasteiger partial charge is 0.224 e. The van der Waals surface area contributed by atoms with Crippen molar-refractivity contribution in [3.63, 3.8) is 0 Å². The Kier molecular flexibility index (Phi) is 1.74. The minimum atomic E-state index is -2.98. The maximum atomic E-state index is 11.6. The van der Waals surface area contributed by atoms with E-state index in [9.17, 15) is 8.42 Å². The third-order valence-electron chi connectivity index (χ3n) is 2.50. The summed E-state index contributed by atoms with van der Waals surface area (Å²) in [6.45, 7) is 3.87. The zero-order valence-electron chi connectivity index (χ0n) is 7.74. The van der Waals surface area contributed by atoms with Crippen LogP contribution in [0.5, 0.6) is 0 Å². The van der Waals surface area contributed by atoms with E-state index in [2.05, 4.69) is 0 Å². The zero-order chi connectivity index (χ0) is 9.64. The molecule has 0 saturated heterocycles. The molecule has 0 aromatic heterocycles. The Balaban J connectivity index is 2.74. The summed E-state index contributed by atoms with van der Waals surface area (Å²) < 4.78 is 23.2. The van der Waals surface area contributed by atoms with E-state index in [1.54, 1.807) is 6.07 Å². The van der Waals surface area contributed by atoms with Gasteiger partial charge >= 0.3 is 0 Å². The average molecular weight is 196 g/mol. The number of aryl methyl sites for hydroxylation is 1. The number of hydrogen-bond acceptors (Lipinski definition) is 2.